The van der Waals surface area contributed by atoms with Gasteiger partial charge in [0.25, 0.3) is 0 Å². The van der Waals surface area contributed by atoms with Crippen molar-refractivity contribution >= 4 is 37.0 Å². The van der Waals surface area contributed by atoms with Gasteiger partial charge in [0.15, 0.2) is 15.4 Å². The molecule has 0 saturated heterocycles. The SMILES string of the molecule is COc1ccc2nc(NS(=O)(=O)[O-])sc2c1.[Na+]. The Balaban J connectivity index is 0.00000144. The fraction of sp³-hybridized carbons (Fsp3) is 0.125. The van der Waals surface area contributed by atoms with Gasteiger partial charge >= 0.3 is 29.6 Å². The number of hydrogen-bond acceptors (Lipinski definition) is 6. The number of benzene rings is 1. The van der Waals surface area contributed by atoms with Gasteiger partial charge in [0, 0.05) is 0 Å². The molecular weight excluding hydrogens is 275 g/mol. The molecule has 0 fully saturated rings. The molecule has 2 rings (SSSR count). The van der Waals surface area contributed by atoms with Crippen LogP contribution in [0.5, 0.6) is 5.75 Å². The molecule has 0 saturated carbocycles. The van der Waals surface area contributed by atoms with Crippen molar-refractivity contribution in [2.45, 2.75) is 0 Å². The first kappa shape index (κ1) is 14.7. The molecule has 1 aromatic heterocycles. The summed E-state index contributed by atoms with van der Waals surface area (Å²) < 4.78 is 39.0. The van der Waals surface area contributed by atoms with Crippen molar-refractivity contribution in [3.63, 3.8) is 0 Å². The third kappa shape index (κ3) is 3.80. The van der Waals surface area contributed by atoms with Crippen LogP contribution in [0.15, 0.2) is 18.2 Å². The van der Waals surface area contributed by atoms with Crippen molar-refractivity contribution < 1.29 is 47.3 Å². The Morgan fingerprint density at radius 2 is 2.18 bits per heavy atom. The number of ether oxygens (including phenoxy) is 1. The molecule has 86 valence electrons. The van der Waals surface area contributed by atoms with Gasteiger partial charge in [-0.1, -0.05) is 11.3 Å². The molecule has 17 heavy (non-hydrogen) atoms. The van der Waals surface area contributed by atoms with Crippen LogP contribution in [0, 0.1) is 0 Å². The predicted octanol–water partition coefficient (Wildman–Crippen LogP) is -1.82. The summed E-state index contributed by atoms with van der Waals surface area (Å²) in [4.78, 5) is 3.95. The summed E-state index contributed by atoms with van der Waals surface area (Å²) in [5, 5.41) is 0.0539. The second-order valence-electron chi connectivity index (χ2n) is 2.91. The number of methoxy groups -OCH3 is 1. The first-order valence-corrected chi connectivity index (χ1v) is 6.38. The van der Waals surface area contributed by atoms with Crippen LogP contribution >= 0.6 is 11.3 Å². The zero-order valence-corrected chi connectivity index (χ0v) is 12.8. The predicted molar refractivity (Wildman–Crippen MR) is 59.5 cm³/mol. The average molecular weight is 282 g/mol. The van der Waals surface area contributed by atoms with Crippen LogP contribution in [0.3, 0.4) is 0 Å². The van der Waals surface area contributed by atoms with Crippen molar-refractivity contribution in [3.05, 3.63) is 18.2 Å². The minimum absolute atomic E-state index is 0. The van der Waals surface area contributed by atoms with E-state index in [0.717, 1.165) is 16.0 Å². The Hall–Kier alpha value is -0.380. The molecule has 1 N–H and O–H groups in total. The van der Waals surface area contributed by atoms with E-state index in [1.165, 1.54) is 7.11 Å². The van der Waals surface area contributed by atoms with Crippen LogP contribution in [0.2, 0.25) is 0 Å². The van der Waals surface area contributed by atoms with Crippen LogP contribution in [0.25, 0.3) is 10.2 Å². The molecule has 0 spiro atoms. The van der Waals surface area contributed by atoms with Gasteiger partial charge in [0.05, 0.1) is 17.3 Å². The van der Waals surface area contributed by atoms with E-state index in [9.17, 15) is 13.0 Å². The molecule has 0 radical (unpaired) electrons. The molecule has 0 atom stereocenters. The monoisotopic (exact) mass is 282 g/mol. The zero-order chi connectivity index (χ0) is 11.8. The number of aromatic nitrogens is 1. The maximum absolute atomic E-state index is 10.5. The molecule has 0 aliphatic carbocycles. The second-order valence-corrected chi connectivity index (χ2v) is 5.05. The molecule has 1 aromatic carbocycles. The number of hydrogen-bond donors (Lipinski definition) is 1. The van der Waals surface area contributed by atoms with E-state index in [2.05, 4.69) is 4.98 Å². The fourth-order valence-electron chi connectivity index (χ4n) is 1.18. The largest absolute Gasteiger partial charge is 1.00 e. The van der Waals surface area contributed by atoms with E-state index in [4.69, 9.17) is 4.74 Å². The molecule has 0 bridgehead atoms. The van der Waals surface area contributed by atoms with E-state index in [1.807, 2.05) is 0 Å². The van der Waals surface area contributed by atoms with Crippen molar-refractivity contribution in [2.24, 2.45) is 0 Å². The van der Waals surface area contributed by atoms with E-state index >= 15 is 0 Å². The van der Waals surface area contributed by atoms with Gasteiger partial charge < -0.3 is 9.29 Å². The van der Waals surface area contributed by atoms with Crippen molar-refractivity contribution in [2.75, 3.05) is 11.8 Å². The topological polar surface area (TPSA) is 91.3 Å². The van der Waals surface area contributed by atoms with Crippen LogP contribution < -0.4 is 39.0 Å². The van der Waals surface area contributed by atoms with E-state index in [1.54, 1.807) is 22.9 Å². The van der Waals surface area contributed by atoms with Gasteiger partial charge in [-0.25, -0.2) is 13.4 Å². The summed E-state index contributed by atoms with van der Waals surface area (Å²) in [5.74, 6) is 0.646. The summed E-state index contributed by atoms with van der Waals surface area (Å²) in [7, 11) is -2.99. The molecule has 9 heteroatoms. The molecule has 0 amide bonds. The van der Waals surface area contributed by atoms with Crippen molar-refractivity contribution in [1.29, 1.82) is 0 Å². The third-order valence-electron chi connectivity index (χ3n) is 1.81. The van der Waals surface area contributed by atoms with Gasteiger partial charge in [-0.05, 0) is 18.2 Å². The first-order valence-electron chi connectivity index (χ1n) is 4.16. The van der Waals surface area contributed by atoms with Gasteiger partial charge in [-0.3, -0.25) is 4.72 Å². The standard InChI is InChI=1S/C8H8N2O4S2.Na/c1-14-5-2-3-6-7(4-5)15-8(9-6)10-16(11,12)13;/h2-4H,1H3,(H,9,10)(H,11,12,13);/q;+1/p-1. The molecule has 0 unspecified atom stereocenters. The summed E-state index contributed by atoms with van der Waals surface area (Å²) in [5.41, 5.74) is 0.608. The summed E-state index contributed by atoms with van der Waals surface area (Å²) in [6.45, 7) is 0. The van der Waals surface area contributed by atoms with Crippen LogP contribution in [-0.4, -0.2) is 25.1 Å². The number of fused-ring (bicyclic) bond motifs is 1. The number of nitrogens with one attached hydrogen (secondary N) is 1. The Kier molecular flexibility index (Phi) is 4.76. The molecule has 1 heterocycles. The molecule has 0 aliphatic rings. The van der Waals surface area contributed by atoms with Gasteiger partial charge in [-0.15, -0.1) is 0 Å². The molecule has 6 nitrogen and oxygen atoms in total. The van der Waals surface area contributed by atoms with E-state index < -0.39 is 10.3 Å². The fourth-order valence-corrected chi connectivity index (χ4v) is 2.66. The Morgan fingerprint density at radius 1 is 1.47 bits per heavy atom. The smallest absolute Gasteiger partial charge is 0.731 e. The Bertz CT molecular complexity index is 625. The zero-order valence-electron chi connectivity index (χ0n) is 9.13. The minimum Gasteiger partial charge on any atom is -0.731 e. The average Bonchev–Trinajstić information content (AvgIpc) is 2.55. The van der Waals surface area contributed by atoms with Crippen LogP contribution in [-0.2, 0) is 10.3 Å². The van der Waals surface area contributed by atoms with Crippen molar-refractivity contribution in [1.82, 2.24) is 4.98 Å². The number of nitrogens with zero attached hydrogens (tertiary/aromatic N) is 1. The van der Waals surface area contributed by atoms with E-state index in [-0.39, 0.29) is 34.7 Å². The van der Waals surface area contributed by atoms with E-state index in [0.29, 0.717) is 11.3 Å². The van der Waals surface area contributed by atoms with Crippen molar-refractivity contribution in [3.8, 4) is 5.75 Å². The summed E-state index contributed by atoms with van der Waals surface area (Å²) >= 11 is 1.07. The number of anilines is 1. The van der Waals surface area contributed by atoms with Gasteiger partial charge in [-0.2, -0.15) is 0 Å². The Labute approximate surface area is 124 Å². The van der Waals surface area contributed by atoms with Crippen LogP contribution in [0.4, 0.5) is 5.13 Å². The van der Waals surface area contributed by atoms with Gasteiger partial charge in [0.2, 0.25) is 0 Å². The van der Waals surface area contributed by atoms with Gasteiger partial charge in [0.1, 0.15) is 5.75 Å². The maximum Gasteiger partial charge on any atom is 1.00 e. The normalized spacial score (nSPS) is 10.9. The molecule has 2 aromatic rings. The summed E-state index contributed by atoms with van der Waals surface area (Å²) in [6.07, 6.45) is 0. The summed E-state index contributed by atoms with van der Waals surface area (Å²) in [6, 6.07) is 5.11. The third-order valence-corrected chi connectivity index (χ3v) is 3.31. The quantitative estimate of drug-likeness (QED) is 0.529. The molecular formula is C8H7N2NaO4S2. The number of rotatable bonds is 3. The minimum atomic E-state index is -4.52. The van der Waals surface area contributed by atoms with Crippen LogP contribution in [0.1, 0.15) is 0 Å². The maximum atomic E-state index is 10.5. The molecule has 0 aliphatic heterocycles. The second kappa shape index (κ2) is 5.51. The first-order chi connectivity index (χ1) is 7.48. The Morgan fingerprint density at radius 3 is 2.76 bits per heavy atom. The number of thiazole rings is 1.